The fraction of sp³-hybridized carbons (Fsp3) is 0.562. The third-order valence-corrected chi connectivity index (χ3v) is 3.42. The lowest BCUT2D eigenvalue weighted by molar-refractivity contribution is 0.0504. The summed E-state index contributed by atoms with van der Waals surface area (Å²) >= 11 is 0. The summed E-state index contributed by atoms with van der Waals surface area (Å²) in [7, 11) is 0. The highest BCUT2D eigenvalue weighted by Crippen LogP contribution is 2.23. The lowest BCUT2D eigenvalue weighted by atomic mass is 9.94. The van der Waals surface area contributed by atoms with Gasteiger partial charge in [0.2, 0.25) is 0 Å². The van der Waals surface area contributed by atoms with Crippen LogP contribution in [0.5, 0.6) is 0 Å². The molecule has 0 bridgehead atoms. The van der Waals surface area contributed by atoms with E-state index < -0.39 is 5.60 Å². The molecule has 1 amide bonds. The zero-order valence-electron chi connectivity index (χ0n) is 12.7. The molecule has 2 atom stereocenters. The van der Waals surface area contributed by atoms with Crippen LogP contribution in [0.2, 0.25) is 0 Å². The van der Waals surface area contributed by atoms with Crippen molar-refractivity contribution in [3.8, 4) is 0 Å². The third kappa shape index (κ3) is 3.97. The molecule has 4 heteroatoms. The van der Waals surface area contributed by atoms with Gasteiger partial charge in [0, 0.05) is 19.0 Å². The minimum atomic E-state index is -0.463. The molecule has 1 aliphatic rings. The highest BCUT2D eigenvalue weighted by atomic mass is 16.6. The molecule has 2 rings (SSSR count). The van der Waals surface area contributed by atoms with Crippen molar-refractivity contribution < 1.29 is 9.53 Å². The van der Waals surface area contributed by atoms with Crippen LogP contribution in [0.25, 0.3) is 0 Å². The van der Waals surface area contributed by atoms with Crippen molar-refractivity contribution in [3.05, 3.63) is 35.4 Å². The number of aryl methyl sites for hydroxylation is 1. The van der Waals surface area contributed by atoms with E-state index >= 15 is 0 Å². The maximum absolute atomic E-state index is 11.9. The van der Waals surface area contributed by atoms with E-state index in [0.717, 1.165) is 13.1 Å². The molecule has 0 unspecified atom stereocenters. The average Bonchev–Trinajstić information content (AvgIpc) is 2.75. The van der Waals surface area contributed by atoms with E-state index in [1.54, 1.807) is 0 Å². The Morgan fingerprint density at radius 1 is 1.25 bits per heavy atom. The Hall–Kier alpha value is -1.55. The van der Waals surface area contributed by atoms with Gasteiger partial charge in [0.15, 0.2) is 0 Å². The molecule has 4 nitrogen and oxygen atoms in total. The third-order valence-electron chi connectivity index (χ3n) is 3.42. The first-order valence-corrected chi connectivity index (χ1v) is 7.12. The summed E-state index contributed by atoms with van der Waals surface area (Å²) in [5.74, 6) is 0.295. The predicted octanol–water partition coefficient (Wildman–Crippen LogP) is 2.58. The second-order valence-corrected chi connectivity index (χ2v) is 6.43. The minimum absolute atomic E-state index is 0.0764. The first-order chi connectivity index (χ1) is 9.35. The van der Waals surface area contributed by atoms with Crippen LogP contribution in [-0.2, 0) is 4.74 Å². The van der Waals surface area contributed by atoms with Crippen molar-refractivity contribution >= 4 is 6.09 Å². The SMILES string of the molecule is Cc1ccc([C@H]2CNC[C@H]2NC(=O)OC(C)(C)C)cc1. The Morgan fingerprint density at radius 2 is 1.90 bits per heavy atom. The number of alkyl carbamates (subject to hydrolysis) is 1. The van der Waals surface area contributed by atoms with Gasteiger partial charge in [0.25, 0.3) is 0 Å². The largest absolute Gasteiger partial charge is 0.444 e. The van der Waals surface area contributed by atoms with Crippen molar-refractivity contribution in [1.29, 1.82) is 0 Å². The number of nitrogens with one attached hydrogen (secondary N) is 2. The van der Waals surface area contributed by atoms with Gasteiger partial charge in [0.1, 0.15) is 5.60 Å². The van der Waals surface area contributed by atoms with Crippen LogP contribution in [-0.4, -0.2) is 30.8 Å². The van der Waals surface area contributed by atoms with Crippen LogP contribution in [0, 0.1) is 6.92 Å². The average molecular weight is 276 g/mol. The lowest BCUT2D eigenvalue weighted by Crippen LogP contribution is -2.42. The Labute approximate surface area is 120 Å². The summed E-state index contributed by atoms with van der Waals surface area (Å²) in [6.45, 7) is 9.35. The number of amides is 1. The van der Waals surface area contributed by atoms with Crippen molar-refractivity contribution in [2.75, 3.05) is 13.1 Å². The van der Waals surface area contributed by atoms with Crippen LogP contribution in [0.3, 0.4) is 0 Å². The molecule has 0 saturated carbocycles. The summed E-state index contributed by atoms with van der Waals surface area (Å²) in [4.78, 5) is 11.9. The molecule has 1 heterocycles. The van der Waals surface area contributed by atoms with Gasteiger partial charge >= 0.3 is 6.09 Å². The highest BCUT2D eigenvalue weighted by Gasteiger charge is 2.30. The van der Waals surface area contributed by atoms with Crippen LogP contribution in [0.4, 0.5) is 4.79 Å². The topological polar surface area (TPSA) is 50.4 Å². The zero-order valence-corrected chi connectivity index (χ0v) is 12.7. The van der Waals surface area contributed by atoms with E-state index in [0.29, 0.717) is 5.92 Å². The van der Waals surface area contributed by atoms with Gasteiger partial charge in [-0.1, -0.05) is 29.8 Å². The molecule has 0 radical (unpaired) electrons. The number of carbonyl (C=O) groups is 1. The zero-order chi connectivity index (χ0) is 14.8. The molecular weight excluding hydrogens is 252 g/mol. The van der Waals surface area contributed by atoms with E-state index in [9.17, 15) is 4.79 Å². The molecule has 20 heavy (non-hydrogen) atoms. The van der Waals surface area contributed by atoms with Gasteiger partial charge in [-0.2, -0.15) is 0 Å². The fourth-order valence-electron chi connectivity index (χ4n) is 2.45. The first-order valence-electron chi connectivity index (χ1n) is 7.12. The molecular formula is C16H24N2O2. The normalized spacial score (nSPS) is 22.6. The van der Waals surface area contributed by atoms with Crippen molar-refractivity contribution in [2.45, 2.75) is 45.3 Å². The Morgan fingerprint density at radius 3 is 2.50 bits per heavy atom. The van der Waals surface area contributed by atoms with Gasteiger partial charge < -0.3 is 15.4 Å². The Balaban J connectivity index is 2.00. The Bertz CT molecular complexity index is 462. The summed E-state index contributed by atoms with van der Waals surface area (Å²) < 4.78 is 5.33. The molecule has 1 aromatic carbocycles. The standard InChI is InChI=1S/C16H24N2O2/c1-11-5-7-12(8-6-11)13-9-17-10-14(13)18-15(19)20-16(2,3)4/h5-8,13-14,17H,9-10H2,1-4H3,(H,18,19)/t13-,14-/m1/s1. The minimum Gasteiger partial charge on any atom is -0.444 e. The highest BCUT2D eigenvalue weighted by molar-refractivity contribution is 5.68. The fourth-order valence-corrected chi connectivity index (χ4v) is 2.45. The molecule has 0 aliphatic carbocycles. The second-order valence-electron chi connectivity index (χ2n) is 6.43. The molecule has 0 aromatic heterocycles. The maximum atomic E-state index is 11.9. The number of benzene rings is 1. The summed E-state index contributed by atoms with van der Waals surface area (Å²) in [6.07, 6.45) is -0.344. The van der Waals surface area contributed by atoms with Crippen LogP contribution in [0.1, 0.15) is 37.8 Å². The van der Waals surface area contributed by atoms with Crippen molar-refractivity contribution in [2.24, 2.45) is 0 Å². The summed E-state index contributed by atoms with van der Waals surface area (Å²) in [5.41, 5.74) is 2.04. The van der Waals surface area contributed by atoms with Gasteiger partial charge in [-0.15, -0.1) is 0 Å². The summed E-state index contributed by atoms with van der Waals surface area (Å²) in [5, 5.41) is 6.31. The molecule has 1 saturated heterocycles. The Kier molecular flexibility index (Phi) is 4.33. The second kappa shape index (κ2) is 5.83. The van der Waals surface area contributed by atoms with E-state index in [1.165, 1.54) is 11.1 Å². The molecule has 110 valence electrons. The van der Waals surface area contributed by atoms with Crippen LogP contribution < -0.4 is 10.6 Å². The smallest absolute Gasteiger partial charge is 0.407 e. The van der Waals surface area contributed by atoms with Crippen molar-refractivity contribution in [3.63, 3.8) is 0 Å². The molecule has 1 aromatic rings. The van der Waals surface area contributed by atoms with E-state index in [2.05, 4.69) is 41.8 Å². The number of hydrogen-bond donors (Lipinski definition) is 2. The molecule has 0 spiro atoms. The molecule has 1 fully saturated rings. The van der Waals surface area contributed by atoms with E-state index in [-0.39, 0.29) is 12.1 Å². The quantitative estimate of drug-likeness (QED) is 0.873. The predicted molar refractivity (Wildman–Crippen MR) is 79.9 cm³/mol. The van der Waals surface area contributed by atoms with Crippen LogP contribution >= 0.6 is 0 Å². The lowest BCUT2D eigenvalue weighted by Gasteiger charge is -2.24. The van der Waals surface area contributed by atoms with Gasteiger partial charge in [-0.25, -0.2) is 4.79 Å². The monoisotopic (exact) mass is 276 g/mol. The maximum Gasteiger partial charge on any atom is 0.407 e. The number of rotatable bonds is 2. The van der Waals surface area contributed by atoms with Crippen molar-refractivity contribution in [1.82, 2.24) is 10.6 Å². The van der Waals surface area contributed by atoms with Crippen LogP contribution in [0.15, 0.2) is 24.3 Å². The number of ether oxygens (including phenoxy) is 1. The van der Waals surface area contributed by atoms with Gasteiger partial charge in [0.05, 0.1) is 6.04 Å². The summed E-state index contributed by atoms with van der Waals surface area (Å²) in [6, 6.07) is 8.57. The molecule has 1 aliphatic heterocycles. The molecule has 2 N–H and O–H groups in total. The number of carbonyl (C=O) groups excluding carboxylic acids is 1. The van der Waals surface area contributed by atoms with E-state index in [4.69, 9.17) is 4.74 Å². The van der Waals surface area contributed by atoms with Gasteiger partial charge in [-0.3, -0.25) is 0 Å². The number of hydrogen-bond acceptors (Lipinski definition) is 3. The van der Waals surface area contributed by atoms with Gasteiger partial charge in [-0.05, 0) is 33.3 Å². The first kappa shape index (κ1) is 14.9. The van der Waals surface area contributed by atoms with E-state index in [1.807, 2.05) is 20.8 Å².